The van der Waals surface area contributed by atoms with Crippen molar-refractivity contribution < 1.29 is 19.2 Å². The number of thiol groups is 1. The van der Waals surface area contributed by atoms with E-state index in [0.29, 0.717) is 0 Å². The van der Waals surface area contributed by atoms with Crippen molar-refractivity contribution in [2.24, 2.45) is 0 Å². The highest BCUT2D eigenvalue weighted by Gasteiger charge is 2.37. The van der Waals surface area contributed by atoms with Crippen molar-refractivity contribution in [2.45, 2.75) is 11.4 Å². The topological polar surface area (TPSA) is 111 Å². The number of β-lactam (4-membered cyclic amide) rings is 1. The van der Waals surface area contributed by atoms with Crippen molar-refractivity contribution in [1.82, 2.24) is 10.6 Å². The maximum Gasteiger partial charge on any atom is 0.310 e. The largest absolute Gasteiger partial charge is 0.477 e. The highest BCUT2D eigenvalue weighted by Crippen LogP contribution is 2.25. The van der Waals surface area contributed by atoms with E-state index in [2.05, 4.69) is 23.3 Å². The number of nitro benzene ring substituents is 1. The zero-order valence-electron chi connectivity index (χ0n) is 10.1. The standard InChI is InChI=1S/C11H11N3O5S/c15-8(12-9-10(16)13-11(9)20)5-19-7-4-2-1-3-6(7)14(17)18/h1-4,9,11,20H,5H2,(H,12,15)(H,13,16). The lowest BCUT2D eigenvalue weighted by molar-refractivity contribution is -0.385. The van der Waals surface area contributed by atoms with Gasteiger partial charge in [-0.05, 0) is 6.07 Å². The summed E-state index contributed by atoms with van der Waals surface area (Å²) in [5.74, 6) is -0.890. The maximum atomic E-state index is 11.6. The quantitative estimate of drug-likeness (QED) is 0.303. The minimum Gasteiger partial charge on any atom is -0.477 e. The molecule has 2 unspecified atom stereocenters. The van der Waals surface area contributed by atoms with Crippen LogP contribution in [0.5, 0.6) is 5.75 Å². The van der Waals surface area contributed by atoms with Gasteiger partial charge in [0, 0.05) is 6.07 Å². The van der Waals surface area contributed by atoms with Crippen molar-refractivity contribution in [3.8, 4) is 5.75 Å². The van der Waals surface area contributed by atoms with Gasteiger partial charge in [-0.15, -0.1) is 0 Å². The van der Waals surface area contributed by atoms with E-state index in [1.165, 1.54) is 18.2 Å². The number of amides is 2. The van der Waals surface area contributed by atoms with E-state index in [1.807, 2.05) is 0 Å². The Morgan fingerprint density at radius 1 is 1.50 bits per heavy atom. The molecule has 20 heavy (non-hydrogen) atoms. The van der Waals surface area contributed by atoms with Crippen LogP contribution >= 0.6 is 12.6 Å². The number of nitrogens with zero attached hydrogens (tertiary/aromatic N) is 1. The Morgan fingerprint density at radius 2 is 2.20 bits per heavy atom. The zero-order valence-corrected chi connectivity index (χ0v) is 11.0. The number of rotatable bonds is 5. The molecule has 2 atom stereocenters. The van der Waals surface area contributed by atoms with E-state index in [0.717, 1.165) is 0 Å². The lowest BCUT2D eigenvalue weighted by atomic mass is 10.1. The summed E-state index contributed by atoms with van der Waals surface area (Å²) in [7, 11) is 0. The zero-order chi connectivity index (χ0) is 14.7. The maximum absolute atomic E-state index is 11.6. The van der Waals surface area contributed by atoms with Gasteiger partial charge in [0.25, 0.3) is 5.91 Å². The first-order valence-corrected chi connectivity index (χ1v) is 6.14. The average Bonchev–Trinajstić information content (AvgIpc) is 2.43. The SMILES string of the molecule is O=C(COc1ccccc1[N+](=O)[O-])NC1C(=O)NC1S. The van der Waals surface area contributed by atoms with Gasteiger partial charge in [-0.3, -0.25) is 19.7 Å². The molecule has 1 heterocycles. The molecule has 1 fully saturated rings. The number of nitro groups is 1. The Kier molecular flexibility index (Phi) is 4.08. The van der Waals surface area contributed by atoms with Gasteiger partial charge in [-0.25, -0.2) is 0 Å². The number of ether oxygens (including phenoxy) is 1. The van der Waals surface area contributed by atoms with Crippen LogP contribution in [0.3, 0.4) is 0 Å². The van der Waals surface area contributed by atoms with Gasteiger partial charge < -0.3 is 15.4 Å². The van der Waals surface area contributed by atoms with Gasteiger partial charge in [0.1, 0.15) is 11.4 Å². The van der Waals surface area contributed by atoms with Crippen molar-refractivity contribution >= 4 is 30.1 Å². The second-order valence-corrected chi connectivity index (χ2v) is 4.57. The summed E-state index contributed by atoms with van der Waals surface area (Å²) in [6, 6.07) is 5.01. The van der Waals surface area contributed by atoms with E-state index in [-0.39, 0.29) is 17.3 Å². The van der Waals surface area contributed by atoms with Gasteiger partial charge in [-0.2, -0.15) is 12.6 Å². The minimum atomic E-state index is -0.708. The molecule has 0 aromatic heterocycles. The third-order valence-corrected chi connectivity index (χ3v) is 3.05. The van der Waals surface area contributed by atoms with Crippen LogP contribution < -0.4 is 15.4 Å². The van der Waals surface area contributed by atoms with Crippen LogP contribution in [0.2, 0.25) is 0 Å². The molecule has 2 amide bonds. The fourth-order valence-corrected chi connectivity index (χ4v) is 1.94. The summed E-state index contributed by atoms with van der Waals surface area (Å²) >= 11 is 4.02. The van der Waals surface area contributed by atoms with Gasteiger partial charge in [-0.1, -0.05) is 12.1 Å². The molecule has 0 aliphatic carbocycles. The van der Waals surface area contributed by atoms with Crippen LogP contribution in [-0.4, -0.2) is 34.8 Å². The fourth-order valence-electron chi connectivity index (χ4n) is 1.60. The predicted molar refractivity (Wildman–Crippen MR) is 71.4 cm³/mol. The number of carbonyl (C=O) groups is 2. The van der Waals surface area contributed by atoms with E-state index in [4.69, 9.17) is 4.74 Å². The van der Waals surface area contributed by atoms with Gasteiger partial charge in [0.15, 0.2) is 12.4 Å². The van der Waals surface area contributed by atoms with E-state index >= 15 is 0 Å². The molecule has 1 aromatic rings. The van der Waals surface area contributed by atoms with Crippen LogP contribution in [0.25, 0.3) is 0 Å². The molecule has 1 saturated heterocycles. The Balaban J connectivity index is 1.90. The van der Waals surface area contributed by atoms with Gasteiger partial charge >= 0.3 is 5.69 Å². The summed E-state index contributed by atoms with van der Waals surface area (Å²) in [6.07, 6.45) is 0. The highest BCUT2D eigenvalue weighted by molar-refractivity contribution is 7.81. The van der Waals surface area contributed by atoms with Crippen molar-refractivity contribution in [2.75, 3.05) is 6.61 Å². The number of hydrogen-bond acceptors (Lipinski definition) is 6. The van der Waals surface area contributed by atoms with Gasteiger partial charge in [0.05, 0.1) is 4.92 Å². The monoisotopic (exact) mass is 297 g/mol. The lowest BCUT2D eigenvalue weighted by Gasteiger charge is -2.33. The summed E-state index contributed by atoms with van der Waals surface area (Å²) in [5.41, 5.74) is -0.228. The van der Waals surface area contributed by atoms with Crippen LogP contribution in [0, 0.1) is 10.1 Å². The van der Waals surface area contributed by atoms with Crippen LogP contribution in [-0.2, 0) is 9.59 Å². The Labute approximate surface area is 119 Å². The predicted octanol–water partition coefficient (Wildman–Crippen LogP) is -0.156. The first-order valence-electron chi connectivity index (χ1n) is 5.63. The molecule has 2 rings (SSSR count). The third-order valence-electron chi connectivity index (χ3n) is 2.63. The first-order chi connectivity index (χ1) is 9.49. The normalized spacial score (nSPS) is 20.6. The average molecular weight is 297 g/mol. The molecule has 9 heteroatoms. The fraction of sp³-hybridized carbons (Fsp3) is 0.273. The van der Waals surface area contributed by atoms with Crippen molar-refractivity contribution in [1.29, 1.82) is 0 Å². The Hall–Kier alpha value is -2.29. The van der Waals surface area contributed by atoms with Crippen LogP contribution in [0.15, 0.2) is 24.3 Å². The smallest absolute Gasteiger partial charge is 0.310 e. The molecule has 0 saturated carbocycles. The van der Waals surface area contributed by atoms with Crippen LogP contribution in [0.4, 0.5) is 5.69 Å². The second-order valence-electron chi connectivity index (χ2n) is 4.01. The molecule has 1 aliphatic rings. The Morgan fingerprint density at radius 3 is 2.80 bits per heavy atom. The van der Waals surface area contributed by atoms with E-state index < -0.39 is 28.9 Å². The molecular weight excluding hydrogens is 286 g/mol. The van der Waals surface area contributed by atoms with Crippen molar-refractivity contribution in [3.63, 3.8) is 0 Å². The number of hydrogen-bond donors (Lipinski definition) is 3. The molecule has 0 radical (unpaired) electrons. The molecule has 1 aromatic carbocycles. The molecule has 0 spiro atoms. The summed E-state index contributed by atoms with van der Waals surface area (Å²) in [5, 5.41) is 15.2. The Bertz CT molecular complexity index is 565. The number of carbonyl (C=O) groups excluding carboxylic acids is 2. The summed E-state index contributed by atoms with van der Waals surface area (Å²) in [6.45, 7) is -0.421. The van der Waals surface area contributed by atoms with Crippen molar-refractivity contribution in [3.05, 3.63) is 34.4 Å². The summed E-state index contributed by atoms with van der Waals surface area (Å²) < 4.78 is 5.09. The molecule has 2 N–H and O–H groups in total. The molecule has 106 valence electrons. The van der Waals surface area contributed by atoms with E-state index in [1.54, 1.807) is 6.07 Å². The minimum absolute atomic E-state index is 0.00636. The van der Waals surface area contributed by atoms with Gasteiger partial charge in [0.2, 0.25) is 5.91 Å². The number of para-hydroxylation sites is 2. The molecule has 8 nitrogen and oxygen atoms in total. The van der Waals surface area contributed by atoms with E-state index in [9.17, 15) is 19.7 Å². The molecule has 0 bridgehead atoms. The number of benzene rings is 1. The third kappa shape index (κ3) is 2.99. The molecular formula is C11H11N3O5S. The lowest BCUT2D eigenvalue weighted by Crippen LogP contribution is -2.67. The number of nitrogens with one attached hydrogen (secondary N) is 2. The first kappa shape index (κ1) is 14.1. The second kappa shape index (κ2) is 5.78. The van der Waals surface area contributed by atoms with Crippen LogP contribution in [0.1, 0.15) is 0 Å². The molecule has 1 aliphatic heterocycles. The summed E-state index contributed by atoms with van der Waals surface area (Å²) in [4.78, 5) is 32.8. The highest BCUT2D eigenvalue weighted by atomic mass is 32.1.